The molecule has 36 heavy (non-hydrogen) atoms. The van der Waals surface area contributed by atoms with Gasteiger partial charge in [-0.05, 0) is 43.8 Å². The number of carbonyl (C=O) groups excluding carboxylic acids is 1. The van der Waals surface area contributed by atoms with Crippen molar-refractivity contribution < 1.29 is 14.3 Å². The van der Waals surface area contributed by atoms with E-state index in [2.05, 4.69) is 16.8 Å². The molecule has 8 nitrogen and oxygen atoms in total. The standard InChI is InChI=1S/C28H33N5O3/c1-20-4-8-23(9-5-20)36-27-24-19-33(26(34)18-21-6-10-22(35-3)11-7-21)13-12-25(24)29-28(30-27)32-16-14-31(2)15-17-32/h4-11H,12-19H2,1-3H3. The molecule has 8 heteroatoms. The summed E-state index contributed by atoms with van der Waals surface area (Å²) in [5, 5.41) is 0. The Labute approximate surface area is 212 Å². The third kappa shape index (κ3) is 5.44. The third-order valence-corrected chi connectivity index (χ3v) is 6.90. The molecule has 1 amide bonds. The Balaban J connectivity index is 1.39. The van der Waals surface area contributed by atoms with Crippen molar-refractivity contribution >= 4 is 11.9 Å². The second-order valence-corrected chi connectivity index (χ2v) is 9.55. The van der Waals surface area contributed by atoms with Crippen molar-refractivity contribution in [1.82, 2.24) is 19.8 Å². The van der Waals surface area contributed by atoms with E-state index in [0.717, 1.165) is 54.5 Å². The summed E-state index contributed by atoms with van der Waals surface area (Å²) in [7, 11) is 3.77. The highest BCUT2D eigenvalue weighted by atomic mass is 16.5. The quantitative estimate of drug-likeness (QED) is 0.527. The summed E-state index contributed by atoms with van der Waals surface area (Å²) < 4.78 is 11.5. The third-order valence-electron chi connectivity index (χ3n) is 6.90. The van der Waals surface area contributed by atoms with Crippen molar-refractivity contribution in [2.24, 2.45) is 0 Å². The van der Waals surface area contributed by atoms with Crippen LogP contribution in [0.1, 0.15) is 22.4 Å². The van der Waals surface area contributed by atoms with Gasteiger partial charge in [-0.2, -0.15) is 4.98 Å². The van der Waals surface area contributed by atoms with Crippen LogP contribution < -0.4 is 14.4 Å². The van der Waals surface area contributed by atoms with Gasteiger partial charge in [-0.1, -0.05) is 29.8 Å². The lowest BCUT2D eigenvalue weighted by Crippen LogP contribution is -2.45. The van der Waals surface area contributed by atoms with Gasteiger partial charge in [0, 0.05) is 39.1 Å². The number of hydrogen-bond donors (Lipinski definition) is 0. The van der Waals surface area contributed by atoms with Crippen molar-refractivity contribution in [2.45, 2.75) is 26.3 Å². The van der Waals surface area contributed by atoms with Gasteiger partial charge in [0.05, 0.1) is 31.3 Å². The highest BCUT2D eigenvalue weighted by Gasteiger charge is 2.28. The molecule has 0 N–H and O–H groups in total. The molecule has 2 aliphatic heterocycles. The molecule has 0 aliphatic carbocycles. The van der Waals surface area contributed by atoms with E-state index in [1.807, 2.05) is 60.4 Å². The second kappa shape index (κ2) is 10.5. The largest absolute Gasteiger partial charge is 0.497 e. The number of aromatic nitrogens is 2. The van der Waals surface area contributed by atoms with Gasteiger partial charge in [-0.15, -0.1) is 0 Å². The number of aryl methyl sites for hydroxylation is 1. The Morgan fingerprint density at radius 2 is 1.61 bits per heavy atom. The van der Waals surface area contributed by atoms with Gasteiger partial charge in [-0.25, -0.2) is 4.98 Å². The molecule has 1 fully saturated rings. The monoisotopic (exact) mass is 487 g/mol. The predicted molar refractivity (Wildman–Crippen MR) is 139 cm³/mol. The van der Waals surface area contributed by atoms with Gasteiger partial charge in [0.25, 0.3) is 0 Å². The van der Waals surface area contributed by atoms with Crippen molar-refractivity contribution in [3.8, 4) is 17.4 Å². The van der Waals surface area contributed by atoms with Crippen LogP contribution in [-0.4, -0.2) is 72.6 Å². The van der Waals surface area contributed by atoms with Crippen LogP contribution in [0.4, 0.5) is 5.95 Å². The molecule has 2 aromatic carbocycles. The van der Waals surface area contributed by atoms with Crippen LogP contribution in [0, 0.1) is 6.92 Å². The first-order valence-electron chi connectivity index (χ1n) is 12.5. The van der Waals surface area contributed by atoms with Crippen LogP contribution in [0.2, 0.25) is 0 Å². The molecule has 2 aliphatic rings. The maximum absolute atomic E-state index is 13.2. The first-order valence-corrected chi connectivity index (χ1v) is 12.5. The Bertz CT molecular complexity index is 1210. The van der Waals surface area contributed by atoms with E-state index in [1.54, 1.807) is 7.11 Å². The molecule has 0 radical (unpaired) electrons. The van der Waals surface area contributed by atoms with Crippen LogP contribution in [0.15, 0.2) is 48.5 Å². The first-order chi connectivity index (χ1) is 17.5. The number of benzene rings is 2. The number of hydrogen-bond acceptors (Lipinski definition) is 7. The minimum absolute atomic E-state index is 0.0789. The predicted octanol–water partition coefficient (Wildman–Crippen LogP) is 3.47. The lowest BCUT2D eigenvalue weighted by atomic mass is 10.0. The summed E-state index contributed by atoms with van der Waals surface area (Å²) in [5.74, 6) is 2.84. The summed E-state index contributed by atoms with van der Waals surface area (Å²) in [6.07, 6.45) is 1.02. The molecule has 188 valence electrons. The van der Waals surface area contributed by atoms with E-state index < -0.39 is 0 Å². The smallest absolute Gasteiger partial charge is 0.229 e. The fourth-order valence-corrected chi connectivity index (χ4v) is 4.56. The zero-order valence-electron chi connectivity index (χ0n) is 21.2. The molecule has 0 bridgehead atoms. The molecular formula is C28H33N5O3. The number of rotatable bonds is 6. The van der Waals surface area contributed by atoms with Crippen molar-refractivity contribution in [1.29, 1.82) is 0 Å². The van der Waals surface area contributed by atoms with E-state index in [1.165, 1.54) is 5.56 Å². The average Bonchev–Trinajstić information content (AvgIpc) is 2.90. The van der Waals surface area contributed by atoms with Crippen LogP contribution in [0.3, 0.4) is 0 Å². The lowest BCUT2D eigenvalue weighted by molar-refractivity contribution is -0.131. The van der Waals surface area contributed by atoms with E-state index in [4.69, 9.17) is 19.4 Å². The molecule has 0 saturated carbocycles. The molecular weight excluding hydrogens is 454 g/mol. The van der Waals surface area contributed by atoms with Gasteiger partial charge in [0.15, 0.2) is 0 Å². The number of anilines is 1. The van der Waals surface area contributed by atoms with Crippen molar-refractivity contribution in [3.63, 3.8) is 0 Å². The van der Waals surface area contributed by atoms with Gasteiger partial charge < -0.3 is 24.2 Å². The number of nitrogens with zero attached hydrogens (tertiary/aromatic N) is 5. The second-order valence-electron chi connectivity index (χ2n) is 9.55. The maximum Gasteiger partial charge on any atom is 0.229 e. The molecule has 5 rings (SSSR count). The van der Waals surface area contributed by atoms with Crippen molar-refractivity contribution in [2.75, 3.05) is 51.8 Å². The summed E-state index contributed by atoms with van der Waals surface area (Å²) >= 11 is 0. The first kappa shape index (κ1) is 24.1. The maximum atomic E-state index is 13.2. The van der Waals surface area contributed by atoms with Crippen LogP contribution in [0.25, 0.3) is 0 Å². The van der Waals surface area contributed by atoms with E-state index >= 15 is 0 Å². The number of methoxy groups -OCH3 is 1. The Hall–Kier alpha value is -3.65. The molecule has 1 saturated heterocycles. The van der Waals surface area contributed by atoms with Crippen molar-refractivity contribution in [3.05, 3.63) is 70.9 Å². The SMILES string of the molecule is COc1ccc(CC(=O)N2CCc3nc(N4CCN(C)CC4)nc(Oc4ccc(C)cc4)c3C2)cc1. The minimum Gasteiger partial charge on any atom is -0.497 e. The summed E-state index contributed by atoms with van der Waals surface area (Å²) in [5.41, 5.74) is 3.99. The highest BCUT2D eigenvalue weighted by Crippen LogP contribution is 2.32. The molecule has 0 unspecified atom stereocenters. The van der Waals surface area contributed by atoms with E-state index in [-0.39, 0.29) is 5.91 Å². The van der Waals surface area contributed by atoms with Crippen LogP contribution in [-0.2, 0) is 24.2 Å². The van der Waals surface area contributed by atoms with E-state index in [0.29, 0.717) is 37.8 Å². The minimum atomic E-state index is 0.0789. The zero-order chi connectivity index (χ0) is 25.1. The summed E-state index contributed by atoms with van der Waals surface area (Å²) in [4.78, 5) is 29.4. The number of fused-ring (bicyclic) bond motifs is 1. The fourth-order valence-electron chi connectivity index (χ4n) is 4.56. The number of carbonyl (C=O) groups is 1. The van der Waals surface area contributed by atoms with Gasteiger partial charge >= 0.3 is 0 Å². The molecule has 0 atom stereocenters. The van der Waals surface area contributed by atoms with Crippen LogP contribution >= 0.6 is 0 Å². The number of amides is 1. The summed E-state index contributed by atoms with van der Waals surface area (Å²) in [6, 6.07) is 15.6. The van der Waals surface area contributed by atoms with Crippen LogP contribution in [0.5, 0.6) is 17.4 Å². The zero-order valence-corrected chi connectivity index (χ0v) is 21.2. The van der Waals surface area contributed by atoms with Gasteiger partial charge in [0.1, 0.15) is 11.5 Å². The van der Waals surface area contributed by atoms with E-state index in [9.17, 15) is 4.79 Å². The Kier molecular flexibility index (Phi) is 7.04. The lowest BCUT2D eigenvalue weighted by Gasteiger charge is -2.34. The topological polar surface area (TPSA) is 71.0 Å². The highest BCUT2D eigenvalue weighted by molar-refractivity contribution is 5.79. The fraction of sp³-hybridized carbons (Fsp3) is 0.393. The van der Waals surface area contributed by atoms with Gasteiger partial charge in [-0.3, -0.25) is 4.79 Å². The number of piperazine rings is 1. The number of likely N-dealkylation sites (N-methyl/N-ethyl adjacent to an activating group) is 1. The Morgan fingerprint density at radius 3 is 2.31 bits per heavy atom. The normalized spacial score (nSPS) is 16.0. The molecule has 0 spiro atoms. The Morgan fingerprint density at radius 1 is 0.917 bits per heavy atom. The average molecular weight is 488 g/mol. The van der Waals surface area contributed by atoms with Gasteiger partial charge in [0.2, 0.25) is 17.7 Å². The molecule has 3 aromatic rings. The number of ether oxygens (including phenoxy) is 2. The summed E-state index contributed by atoms with van der Waals surface area (Å²) in [6.45, 7) is 6.83. The molecule has 1 aromatic heterocycles. The molecule has 3 heterocycles.